The minimum atomic E-state index is -2.00. The number of ether oxygens (including phenoxy) is 1. The molecule has 76 valence electrons. The molecule has 0 aromatic carbocycles. The number of allylic oxidation sites excluding steroid dienone is 2. The van der Waals surface area contributed by atoms with Gasteiger partial charge in [0.2, 0.25) is 0 Å². The van der Waals surface area contributed by atoms with Crippen molar-refractivity contribution in [1.29, 1.82) is 0 Å². The summed E-state index contributed by atoms with van der Waals surface area (Å²) in [6.45, 7) is 0. The Balaban J connectivity index is 2.88. The highest BCUT2D eigenvalue weighted by Crippen LogP contribution is 2.23. The molecule has 0 aliphatic heterocycles. The van der Waals surface area contributed by atoms with Crippen LogP contribution in [0.25, 0.3) is 0 Å². The number of rotatable bonds is 2. The maximum atomic E-state index is 11.0. The fourth-order valence-electron chi connectivity index (χ4n) is 1.15. The zero-order valence-electron chi connectivity index (χ0n) is 7.56. The van der Waals surface area contributed by atoms with E-state index in [2.05, 4.69) is 4.74 Å². The van der Waals surface area contributed by atoms with Gasteiger partial charge in [-0.25, -0.2) is 9.59 Å². The Kier molecular flexibility index (Phi) is 2.71. The number of esters is 1. The van der Waals surface area contributed by atoms with E-state index in [1.807, 2.05) is 0 Å². The number of carboxylic acid groups (broad SMARTS) is 1. The van der Waals surface area contributed by atoms with Gasteiger partial charge in [0, 0.05) is 12.0 Å². The SMILES string of the molecule is COC(=O)C1=CC=CC(O)(C(=O)O)C1. The van der Waals surface area contributed by atoms with Gasteiger partial charge in [-0.3, -0.25) is 0 Å². The number of carbonyl (C=O) groups is 2. The van der Waals surface area contributed by atoms with Crippen molar-refractivity contribution in [2.45, 2.75) is 12.0 Å². The number of carbonyl (C=O) groups excluding carboxylic acids is 1. The third-order valence-corrected chi connectivity index (χ3v) is 1.95. The molecule has 0 aromatic rings. The molecule has 0 spiro atoms. The van der Waals surface area contributed by atoms with Gasteiger partial charge in [0.1, 0.15) is 0 Å². The maximum absolute atomic E-state index is 11.0. The van der Waals surface area contributed by atoms with E-state index in [4.69, 9.17) is 5.11 Å². The lowest BCUT2D eigenvalue weighted by molar-refractivity contribution is -0.153. The first-order valence-corrected chi connectivity index (χ1v) is 3.92. The summed E-state index contributed by atoms with van der Waals surface area (Å²) in [4.78, 5) is 21.7. The molecule has 14 heavy (non-hydrogen) atoms. The molecule has 5 heteroatoms. The lowest BCUT2D eigenvalue weighted by Gasteiger charge is -2.22. The minimum absolute atomic E-state index is 0.139. The summed E-state index contributed by atoms with van der Waals surface area (Å²) in [5.74, 6) is -2.02. The third-order valence-electron chi connectivity index (χ3n) is 1.95. The second-order valence-electron chi connectivity index (χ2n) is 2.95. The summed E-state index contributed by atoms with van der Waals surface area (Å²) < 4.78 is 4.42. The van der Waals surface area contributed by atoms with Crippen LogP contribution >= 0.6 is 0 Å². The average Bonchev–Trinajstić information content (AvgIpc) is 2.16. The predicted octanol–water partition coefficient (Wildman–Crippen LogP) is -0.139. The van der Waals surface area contributed by atoms with Gasteiger partial charge in [0.25, 0.3) is 0 Å². The van der Waals surface area contributed by atoms with Crippen LogP contribution in [0.15, 0.2) is 23.8 Å². The zero-order chi connectivity index (χ0) is 10.8. The molecule has 0 radical (unpaired) electrons. The molecule has 0 saturated carbocycles. The molecule has 0 heterocycles. The molecule has 0 aromatic heterocycles. The Morgan fingerprint density at radius 2 is 2.21 bits per heavy atom. The molecule has 1 unspecified atom stereocenters. The fourth-order valence-corrected chi connectivity index (χ4v) is 1.15. The molecular weight excluding hydrogens is 188 g/mol. The van der Waals surface area contributed by atoms with Crippen LogP contribution in [0.5, 0.6) is 0 Å². The van der Waals surface area contributed by atoms with Crippen LogP contribution in [0.3, 0.4) is 0 Å². The van der Waals surface area contributed by atoms with E-state index >= 15 is 0 Å². The summed E-state index contributed by atoms with van der Waals surface area (Å²) in [5.41, 5.74) is -1.86. The van der Waals surface area contributed by atoms with Crippen molar-refractivity contribution in [2.75, 3.05) is 7.11 Å². The summed E-state index contributed by atoms with van der Waals surface area (Å²) in [7, 11) is 1.20. The zero-order valence-corrected chi connectivity index (χ0v) is 7.56. The van der Waals surface area contributed by atoms with Gasteiger partial charge in [-0.2, -0.15) is 0 Å². The monoisotopic (exact) mass is 198 g/mol. The Bertz CT molecular complexity index is 328. The number of carboxylic acids is 1. The van der Waals surface area contributed by atoms with Gasteiger partial charge in [-0.1, -0.05) is 12.2 Å². The Labute approximate surface area is 80.3 Å². The number of hydrogen-bond donors (Lipinski definition) is 2. The van der Waals surface area contributed by atoms with Crippen molar-refractivity contribution in [3.8, 4) is 0 Å². The van der Waals surface area contributed by atoms with Crippen LogP contribution in [0.2, 0.25) is 0 Å². The smallest absolute Gasteiger partial charge is 0.340 e. The van der Waals surface area contributed by atoms with Crippen LogP contribution < -0.4 is 0 Å². The normalized spacial score (nSPS) is 25.4. The molecule has 1 aliphatic carbocycles. The second-order valence-corrected chi connectivity index (χ2v) is 2.95. The number of aliphatic carboxylic acids is 1. The average molecular weight is 198 g/mol. The highest BCUT2D eigenvalue weighted by atomic mass is 16.5. The molecule has 0 amide bonds. The first-order chi connectivity index (χ1) is 6.49. The van der Waals surface area contributed by atoms with Gasteiger partial charge in [-0.15, -0.1) is 0 Å². The van der Waals surface area contributed by atoms with E-state index in [1.165, 1.54) is 19.3 Å². The molecule has 1 atom stereocenters. The minimum Gasteiger partial charge on any atom is -0.479 e. The maximum Gasteiger partial charge on any atom is 0.340 e. The van der Waals surface area contributed by atoms with Crippen molar-refractivity contribution in [2.24, 2.45) is 0 Å². The summed E-state index contributed by atoms with van der Waals surface area (Å²) >= 11 is 0. The van der Waals surface area contributed by atoms with E-state index in [1.54, 1.807) is 0 Å². The highest BCUT2D eigenvalue weighted by Gasteiger charge is 2.37. The summed E-state index contributed by atoms with van der Waals surface area (Å²) in [5, 5.41) is 18.2. The molecular formula is C9H10O5. The largest absolute Gasteiger partial charge is 0.479 e. The standard InChI is InChI=1S/C9H10O5/c1-14-7(10)6-3-2-4-9(13,5-6)8(11)12/h2-4,13H,5H2,1H3,(H,11,12). The Hall–Kier alpha value is -1.62. The summed E-state index contributed by atoms with van der Waals surface area (Å²) in [6, 6.07) is 0. The molecule has 2 N–H and O–H groups in total. The fraction of sp³-hybridized carbons (Fsp3) is 0.333. The lowest BCUT2D eigenvalue weighted by Crippen LogP contribution is -2.38. The van der Waals surface area contributed by atoms with Crippen molar-refractivity contribution in [1.82, 2.24) is 0 Å². The van der Waals surface area contributed by atoms with E-state index in [0.29, 0.717) is 0 Å². The summed E-state index contributed by atoms with van der Waals surface area (Å²) in [6.07, 6.45) is 3.60. The van der Waals surface area contributed by atoms with Crippen molar-refractivity contribution in [3.05, 3.63) is 23.8 Å². The van der Waals surface area contributed by atoms with Crippen LogP contribution in [0, 0.1) is 0 Å². The molecule has 1 aliphatic rings. The quantitative estimate of drug-likeness (QED) is 0.603. The van der Waals surface area contributed by atoms with Crippen molar-refractivity contribution < 1.29 is 24.5 Å². The van der Waals surface area contributed by atoms with Crippen LogP contribution in [0.1, 0.15) is 6.42 Å². The van der Waals surface area contributed by atoms with Crippen LogP contribution in [-0.2, 0) is 14.3 Å². The van der Waals surface area contributed by atoms with Gasteiger partial charge in [-0.05, 0) is 6.08 Å². The molecule has 0 bridgehead atoms. The number of hydrogen-bond acceptors (Lipinski definition) is 4. The lowest BCUT2D eigenvalue weighted by atomic mass is 9.90. The number of methoxy groups -OCH3 is 1. The predicted molar refractivity (Wildman–Crippen MR) is 46.4 cm³/mol. The third kappa shape index (κ3) is 1.82. The van der Waals surface area contributed by atoms with Gasteiger partial charge in [0.15, 0.2) is 5.60 Å². The number of aliphatic hydroxyl groups is 1. The molecule has 1 rings (SSSR count). The van der Waals surface area contributed by atoms with Crippen LogP contribution in [-0.4, -0.2) is 34.9 Å². The van der Waals surface area contributed by atoms with E-state index in [0.717, 1.165) is 6.08 Å². The second kappa shape index (κ2) is 3.63. The first kappa shape index (κ1) is 10.5. The molecule has 0 saturated heterocycles. The Morgan fingerprint density at radius 1 is 1.57 bits per heavy atom. The Morgan fingerprint density at radius 3 is 2.71 bits per heavy atom. The highest BCUT2D eigenvalue weighted by molar-refractivity contribution is 5.92. The van der Waals surface area contributed by atoms with Crippen LogP contribution in [0.4, 0.5) is 0 Å². The molecule has 0 fully saturated rings. The van der Waals surface area contributed by atoms with E-state index in [-0.39, 0.29) is 12.0 Å². The molecule has 5 nitrogen and oxygen atoms in total. The van der Waals surface area contributed by atoms with Gasteiger partial charge < -0.3 is 14.9 Å². The first-order valence-electron chi connectivity index (χ1n) is 3.92. The van der Waals surface area contributed by atoms with Crippen molar-refractivity contribution in [3.63, 3.8) is 0 Å². The van der Waals surface area contributed by atoms with Gasteiger partial charge >= 0.3 is 11.9 Å². The van der Waals surface area contributed by atoms with Gasteiger partial charge in [0.05, 0.1) is 7.11 Å². The van der Waals surface area contributed by atoms with Crippen molar-refractivity contribution >= 4 is 11.9 Å². The van der Waals surface area contributed by atoms with E-state index in [9.17, 15) is 14.7 Å². The topological polar surface area (TPSA) is 83.8 Å². The van der Waals surface area contributed by atoms with E-state index < -0.39 is 17.5 Å².